The highest BCUT2D eigenvalue weighted by molar-refractivity contribution is 9.10. The van der Waals surface area contributed by atoms with Gasteiger partial charge in [-0.15, -0.1) is 0 Å². The number of hydrogen-bond donors (Lipinski definition) is 1. The van der Waals surface area contributed by atoms with Crippen LogP contribution in [-0.2, 0) is 9.53 Å². The van der Waals surface area contributed by atoms with Crippen LogP contribution in [0.1, 0.15) is 12.5 Å². The molecule has 0 spiro atoms. The van der Waals surface area contributed by atoms with Crippen LogP contribution in [0, 0.1) is 0 Å². The van der Waals surface area contributed by atoms with Gasteiger partial charge in [0.15, 0.2) is 0 Å². The number of methoxy groups -OCH3 is 1. The van der Waals surface area contributed by atoms with Crippen LogP contribution in [0.15, 0.2) is 63.6 Å². The lowest BCUT2D eigenvalue weighted by Crippen LogP contribution is -2.11. The Bertz CT molecular complexity index is 797. The molecule has 0 saturated heterocycles. The summed E-state index contributed by atoms with van der Waals surface area (Å²) in [6, 6.07) is 14.0. The molecule has 2 aromatic rings. The summed E-state index contributed by atoms with van der Waals surface area (Å²) < 4.78 is 10.9. The monoisotopic (exact) mass is 403 g/mol. The molecule has 2 aromatic carbocycles. The number of carbonyl (C=O) groups excluding carboxylic acids is 1. The first kappa shape index (κ1) is 18.7. The van der Waals surface area contributed by atoms with Crippen LogP contribution in [0.2, 0.25) is 0 Å². The van der Waals surface area contributed by atoms with Crippen LogP contribution in [0.5, 0.6) is 5.75 Å². The highest BCUT2D eigenvalue weighted by atomic mass is 79.9. The van der Waals surface area contributed by atoms with Crippen molar-refractivity contribution < 1.29 is 19.4 Å². The maximum absolute atomic E-state index is 12.2. The van der Waals surface area contributed by atoms with E-state index in [1.54, 1.807) is 56.5 Å². The average molecular weight is 404 g/mol. The minimum Gasteiger partial charge on any atom is -0.506 e. The Kier molecular flexibility index (Phi) is 6.77. The molecule has 1 N–H and O–H groups in total. The maximum Gasteiger partial charge on any atom is 0.343 e. The van der Waals surface area contributed by atoms with Crippen LogP contribution in [-0.4, -0.2) is 31.0 Å². The van der Waals surface area contributed by atoms with E-state index < -0.39 is 5.97 Å². The fraction of sp³-hybridized carbons (Fsp3) is 0.158. The molecular weight excluding hydrogens is 386 g/mol. The van der Waals surface area contributed by atoms with Crippen molar-refractivity contribution in [2.45, 2.75) is 6.92 Å². The van der Waals surface area contributed by atoms with Crippen molar-refractivity contribution in [3.63, 3.8) is 0 Å². The molecule has 0 aliphatic carbocycles. The van der Waals surface area contributed by atoms with Gasteiger partial charge in [-0.05, 0) is 43.3 Å². The van der Waals surface area contributed by atoms with Gasteiger partial charge in [0, 0.05) is 16.3 Å². The van der Waals surface area contributed by atoms with Gasteiger partial charge in [-0.25, -0.2) is 4.79 Å². The largest absolute Gasteiger partial charge is 0.506 e. The predicted molar refractivity (Wildman–Crippen MR) is 101 cm³/mol. The van der Waals surface area contributed by atoms with Crippen molar-refractivity contribution >= 4 is 39.6 Å². The Balaban J connectivity index is 2.39. The zero-order chi connectivity index (χ0) is 18.2. The van der Waals surface area contributed by atoms with E-state index >= 15 is 0 Å². The smallest absolute Gasteiger partial charge is 0.343 e. The van der Waals surface area contributed by atoms with Gasteiger partial charge in [0.05, 0.1) is 19.4 Å². The second kappa shape index (κ2) is 9.03. The first-order valence-electron chi connectivity index (χ1n) is 7.59. The lowest BCUT2D eigenvalue weighted by Gasteiger charge is -2.07. The quantitative estimate of drug-likeness (QED) is 0.328. The van der Waals surface area contributed by atoms with Crippen LogP contribution in [0.4, 0.5) is 5.69 Å². The number of ether oxygens (including phenoxy) is 2. The molecule has 0 fully saturated rings. The summed E-state index contributed by atoms with van der Waals surface area (Å²) in [5.74, 6) is -0.133. The molecule has 0 aliphatic heterocycles. The molecule has 0 atom stereocenters. The topological polar surface area (TPSA) is 68.1 Å². The van der Waals surface area contributed by atoms with E-state index in [0.29, 0.717) is 17.0 Å². The predicted octanol–water partition coefficient (Wildman–Crippen LogP) is 4.69. The summed E-state index contributed by atoms with van der Waals surface area (Å²) in [5, 5.41) is 10.5. The van der Waals surface area contributed by atoms with E-state index in [-0.39, 0.29) is 17.9 Å². The van der Waals surface area contributed by atoms with Crippen LogP contribution >= 0.6 is 15.9 Å². The van der Waals surface area contributed by atoms with E-state index in [9.17, 15) is 9.90 Å². The first-order valence-corrected chi connectivity index (χ1v) is 8.39. The Labute approximate surface area is 154 Å². The number of aliphatic hydroxyl groups is 1. The molecule has 0 heterocycles. The summed E-state index contributed by atoms with van der Waals surface area (Å²) in [7, 11) is 1.58. The first-order chi connectivity index (χ1) is 12.0. The fourth-order valence-electron chi connectivity index (χ4n) is 2.02. The average Bonchev–Trinajstić information content (AvgIpc) is 2.62. The normalized spacial score (nSPS) is 12.0. The second-order valence-electron chi connectivity index (χ2n) is 4.95. The van der Waals surface area contributed by atoms with E-state index in [1.165, 1.54) is 6.21 Å². The Morgan fingerprint density at radius 3 is 2.56 bits per heavy atom. The molecule has 0 aromatic heterocycles. The molecule has 0 saturated carbocycles. The zero-order valence-electron chi connectivity index (χ0n) is 13.9. The SMILES string of the molecule is CCOC(=O)/C(C=Nc1ccc(OC)cc1)=C(/O)c1cccc(Br)c1. The van der Waals surface area contributed by atoms with Crippen LogP contribution < -0.4 is 4.74 Å². The Morgan fingerprint density at radius 1 is 1.24 bits per heavy atom. The van der Waals surface area contributed by atoms with E-state index in [1.807, 2.05) is 6.07 Å². The molecule has 25 heavy (non-hydrogen) atoms. The van der Waals surface area contributed by atoms with Gasteiger partial charge < -0.3 is 14.6 Å². The van der Waals surface area contributed by atoms with Crippen molar-refractivity contribution in [1.29, 1.82) is 0 Å². The third-order valence-corrected chi connectivity index (χ3v) is 3.76. The maximum atomic E-state index is 12.2. The van der Waals surface area contributed by atoms with Gasteiger partial charge in [0.25, 0.3) is 0 Å². The number of rotatable bonds is 6. The van der Waals surface area contributed by atoms with Gasteiger partial charge in [-0.1, -0.05) is 28.1 Å². The highest BCUT2D eigenvalue weighted by Gasteiger charge is 2.16. The molecule has 0 unspecified atom stereocenters. The number of carbonyl (C=O) groups is 1. The van der Waals surface area contributed by atoms with Crippen LogP contribution in [0.25, 0.3) is 5.76 Å². The minimum absolute atomic E-state index is 0.0178. The van der Waals surface area contributed by atoms with Crippen molar-refractivity contribution in [1.82, 2.24) is 0 Å². The van der Waals surface area contributed by atoms with Gasteiger partial charge in [0.1, 0.15) is 17.1 Å². The van der Waals surface area contributed by atoms with E-state index in [2.05, 4.69) is 20.9 Å². The number of aliphatic hydroxyl groups excluding tert-OH is 1. The number of hydrogen-bond acceptors (Lipinski definition) is 5. The molecule has 6 heteroatoms. The summed E-state index contributed by atoms with van der Waals surface area (Å²) in [4.78, 5) is 16.4. The molecule has 0 radical (unpaired) electrons. The molecule has 130 valence electrons. The molecule has 0 bridgehead atoms. The fourth-order valence-corrected chi connectivity index (χ4v) is 2.42. The van der Waals surface area contributed by atoms with Crippen molar-refractivity contribution in [3.8, 4) is 5.75 Å². The van der Waals surface area contributed by atoms with Crippen molar-refractivity contribution in [2.24, 2.45) is 4.99 Å². The number of nitrogens with zero attached hydrogens (tertiary/aromatic N) is 1. The third kappa shape index (κ3) is 5.19. The number of esters is 1. The highest BCUT2D eigenvalue weighted by Crippen LogP contribution is 2.22. The van der Waals surface area contributed by atoms with Gasteiger partial charge in [-0.2, -0.15) is 0 Å². The number of aliphatic imine (C=N–C) groups is 1. The van der Waals surface area contributed by atoms with E-state index in [4.69, 9.17) is 9.47 Å². The second-order valence-corrected chi connectivity index (χ2v) is 5.86. The standard InChI is InChI=1S/C19H18BrNO4/c1-3-25-19(23)17(18(22)13-5-4-6-14(20)11-13)12-21-15-7-9-16(24-2)10-8-15/h4-12,22H,3H2,1-2H3/b18-17+,21-12?. The van der Waals surface area contributed by atoms with Gasteiger partial charge >= 0.3 is 5.97 Å². The lowest BCUT2D eigenvalue weighted by molar-refractivity contribution is -0.137. The molecule has 2 rings (SSSR count). The van der Waals surface area contributed by atoms with Crippen LogP contribution in [0.3, 0.4) is 0 Å². The van der Waals surface area contributed by atoms with Gasteiger partial charge in [0.2, 0.25) is 0 Å². The zero-order valence-corrected chi connectivity index (χ0v) is 15.5. The third-order valence-electron chi connectivity index (χ3n) is 3.26. The minimum atomic E-state index is -0.641. The Morgan fingerprint density at radius 2 is 1.96 bits per heavy atom. The molecular formula is C19H18BrNO4. The van der Waals surface area contributed by atoms with E-state index in [0.717, 1.165) is 4.47 Å². The molecule has 5 nitrogen and oxygen atoms in total. The Hall–Kier alpha value is -2.60. The molecule has 0 aliphatic rings. The number of benzene rings is 2. The van der Waals surface area contributed by atoms with Crippen molar-refractivity contribution in [2.75, 3.05) is 13.7 Å². The summed E-state index contributed by atoms with van der Waals surface area (Å²) in [6.45, 7) is 1.90. The van der Waals surface area contributed by atoms with Gasteiger partial charge in [-0.3, -0.25) is 4.99 Å². The van der Waals surface area contributed by atoms with Crippen molar-refractivity contribution in [3.05, 3.63) is 64.1 Å². The summed E-state index contributed by atoms with van der Waals surface area (Å²) in [6.07, 6.45) is 1.30. The summed E-state index contributed by atoms with van der Waals surface area (Å²) in [5.41, 5.74) is 1.08. The number of halogens is 1. The summed E-state index contributed by atoms with van der Waals surface area (Å²) >= 11 is 3.34. The lowest BCUT2D eigenvalue weighted by atomic mass is 10.1. The molecule has 0 amide bonds.